The van der Waals surface area contributed by atoms with Crippen molar-refractivity contribution in [1.82, 2.24) is 9.80 Å². The Labute approximate surface area is 87.3 Å². The Morgan fingerprint density at radius 2 is 1.79 bits per heavy atom. The van der Waals surface area contributed by atoms with Crippen LogP contribution in [0.5, 0.6) is 0 Å². The van der Waals surface area contributed by atoms with Crippen LogP contribution in [-0.4, -0.2) is 48.6 Å². The fourth-order valence-electron chi connectivity index (χ4n) is 3.25. The number of hydrogen-bond acceptors (Lipinski definition) is 2. The molecule has 0 radical (unpaired) electrons. The minimum absolute atomic E-state index is 0.751. The molecule has 0 N–H and O–H groups in total. The van der Waals surface area contributed by atoms with Crippen LogP contribution in [0.2, 0.25) is 0 Å². The summed E-state index contributed by atoms with van der Waals surface area (Å²) in [4.78, 5) is 5.33. The molecule has 0 amide bonds. The fraction of sp³-hybridized carbons (Fsp3) is 1.00. The lowest BCUT2D eigenvalue weighted by Crippen LogP contribution is -2.60. The van der Waals surface area contributed by atoms with Crippen molar-refractivity contribution in [3.05, 3.63) is 0 Å². The van der Waals surface area contributed by atoms with Gasteiger partial charge in [0, 0.05) is 19.1 Å². The Balaban J connectivity index is 1.51. The van der Waals surface area contributed by atoms with Gasteiger partial charge >= 0.3 is 0 Å². The van der Waals surface area contributed by atoms with Gasteiger partial charge < -0.3 is 9.80 Å². The van der Waals surface area contributed by atoms with E-state index >= 15 is 0 Å². The first-order valence-electron chi connectivity index (χ1n) is 6.28. The van der Waals surface area contributed by atoms with E-state index in [1.807, 2.05) is 0 Å². The summed E-state index contributed by atoms with van der Waals surface area (Å²) in [6.07, 6.45) is 5.90. The monoisotopic (exact) mass is 194 g/mol. The highest BCUT2D eigenvalue weighted by Gasteiger charge is 2.45. The maximum Gasteiger partial charge on any atom is 0.00964 e. The first kappa shape index (κ1) is 9.17. The highest BCUT2D eigenvalue weighted by atomic mass is 15.2. The van der Waals surface area contributed by atoms with Gasteiger partial charge in [0.05, 0.1) is 0 Å². The van der Waals surface area contributed by atoms with Gasteiger partial charge in [-0.05, 0) is 50.7 Å². The molecule has 14 heavy (non-hydrogen) atoms. The molecule has 2 nitrogen and oxygen atoms in total. The molecule has 1 aliphatic carbocycles. The highest BCUT2D eigenvalue weighted by Crippen LogP contribution is 2.42. The van der Waals surface area contributed by atoms with Crippen LogP contribution in [0.25, 0.3) is 0 Å². The molecule has 0 aromatic carbocycles. The molecule has 1 spiro atoms. The zero-order valence-corrected chi connectivity index (χ0v) is 9.34. The molecule has 0 bridgehead atoms. The highest BCUT2D eigenvalue weighted by molar-refractivity contribution is 4.99. The summed E-state index contributed by atoms with van der Waals surface area (Å²) in [7, 11) is 0. The summed E-state index contributed by atoms with van der Waals surface area (Å²) >= 11 is 0. The quantitative estimate of drug-likeness (QED) is 0.658. The van der Waals surface area contributed by atoms with Gasteiger partial charge in [-0.15, -0.1) is 0 Å². The lowest BCUT2D eigenvalue weighted by Gasteiger charge is -2.54. The molecule has 2 aliphatic heterocycles. The van der Waals surface area contributed by atoms with Crippen LogP contribution >= 0.6 is 0 Å². The van der Waals surface area contributed by atoms with Crippen LogP contribution in [-0.2, 0) is 0 Å². The summed E-state index contributed by atoms with van der Waals surface area (Å²) in [5.41, 5.74) is 0.751. The summed E-state index contributed by atoms with van der Waals surface area (Å²) in [5, 5.41) is 0. The zero-order valence-electron chi connectivity index (χ0n) is 9.34. The molecule has 3 fully saturated rings. The molecule has 3 rings (SSSR count). The third-order valence-electron chi connectivity index (χ3n) is 4.49. The average molecular weight is 194 g/mol. The van der Waals surface area contributed by atoms with Crippen LogP contribution < -0.4 is 0 Å². The Hall–Kier alpha value is -0.0800. The predicted octanol–water partition coefficient (Wildman–Crippen LogP) is 1.57. The normalized spacial score (nSPS) is 33.2. The number of rotatable bonds is 2. The number of piperidine rings is 1. The van der Waals surface area contributed by atoms with Crippen molar-refractivity contribution in [2.75, 3.05) is 32.7 Å². The maximum absolute atomic E-state index is 2.74. The lowest BCUT2D eigenvalue weighted by molar-refractivity contribution is -0.0447. The van der Waals surface area contributed by atoms with E-state index in [-0.39, 0.29) is 0 Å². The second-order valence-corrected chi connectivity index (χ2v) is 5.57. The summed E-state index contributed by atoms with van der Waals surface area (Å²) in [6, 6.07) is 0.995. The summed E-state index contributed by atoms with van der Waals surface area (Å²) in [6.45, 7) is 9.11. The Bertz CT molecular complexity index is 206. The third-order valence-corrected chi connectivity index (χ3v) is 4.49. The van der Waals surface area contributed by atoms with Gasteiger partial charge in [0.15, 0.2) is 0 Å². The number of likely N-dealkylation sites (tertiary alicyclic amines) is 2. The lowest BCUT2D eigenvalue weighted by atomic mass is 9.72. The van der Waals surface area contributed by atoms with Crippen LogP contribution in [0.3, 0.4) is 0 Å². The molecule has 2 heteroatoms. The number of nitrogens with zero attached hydrogens (tertiary/aromatic N) is 2. The van der Waals surface area contributed by atoms with E-state index in [9.17, 15) is 0 Å². The average Bonchev–Trinajstić information content (AvgIpc) is 2.97. The van der Waals surface area contributed by atoms with E-state index in [0.29, 0.717) is 0 Å². The molecule has 80 valence electrons. The molecule has 1 saturated carbocycles. The van der Waals surface area contributed by atoms with Crippen molar-refractivity contribution in [2.24, 2.45) is 5.41 Å². The largest absolute Gasteiger partial charge is 0.302 e. The fourth-order valence-corrected chi connectivity index (χ4v) is 3.25. The first-order valence-corrected chi connectivity index (χ1v) is 6.28. The van der Waals surface area contributed by atoms with Crippen molar-refractivity contribution in [2.45, 2.75) is 38.6 Å². The molecular formula is C12H22N2. The minimum atomic E-state index is 0.751. The van der Waals surface area contributed by atoms with Crippen LogP contribution in [0.4, 0.5) is 0 Å². The zero-order chi connectivity index (χ0) is 9.60. The van der Waals surface area contributed by atoms with E-state index < -0.39 is 0 Å². The molecular weight excluding hydrogens is 172 g/mol. The molecule has 2 saturated heterocycles. The van der Waals surface area contributed by atoms with Gasteiger partial charge in [-0.25, -0.2) is 0 Å². The van der Waals surface area contributed by atoms with Gasteiger partial charge in [-0.2, -0.15) is 0 Å². The Morgan fingerprint density at radius 3 is 2.29 bits per heavy atom. The van der Waals surface area contributed by atoms with E-state index in [1.54, 1.807) is 0 Å². The standard InChI is InChI=1S/C12H22N2/c1-2-13-9-12(10-13)5-7-14(8-6-12)11-3-4-11/h11H,2-10H2,1H3. The molecule has 0 aromatic heterocycles. The molecule has 0 unspecified atom stereocenters. The Kier molecular flexibility index (Phi) is 2.10. The summed E-state index contributed by atoms with van der Waals surface area (Å²) < 4.78 is 0. The van der Waals surface area contributed by atoms with E-state index in [0.717, 1.165) is 11.5 Å². The van der Waals surface area contributed by atoms with Gasteiger partial charge in [-0.1, -0.05) is 6.92 Å². The summed E-state index contributed by atoms with van der Waals surface area (Å²) in [5.74, 6) is 0. The van der Waals surface area contributed by atoms with Gasteiger partial charge in [0.1, 0.15) is 0 Å². The van der Waals surface area contributed by atoms with E-state index in [4.69, 9.17) is 0 Å². The number of hydrogen-bond donors (Lipinski definition) is 0. The molecule has 3 aliphatic rings. The van der Waals surface area contributed by atoms with Gasteiger partial charge in [0.25, 0.3) is 0 Å². The van der Waals surface area contributed by atoms with E-state index in [1.165, 1.54) is 58.4 Å². The predicted molar refractivity (Wildman–Crippen MR) is 58.4 cm³/mol. The van der Waals surface area contributed by atoms with Gasteiger partial charge in [0.2, 0.25) is 0 Å². The second kappa shape index (κ2) is 3.21. The maximum atomic E-state index is 2.74. The first-order chi connectivity index (χ1) is 6.81. The van der Waals surface area contributed by atoms with Crippen molar-refractivity contribution in [1.29, 1.82) is 0 Å². The third kappa shape index (κ3) is 1.49. The molecule has 0 atom stereocenters. The smallest absolute Gasteiger partial charge is 0.00964 e. The Morgan fingerprint density at radius 1 is 1.14 bits per heavy atom. The molecule has 0 aromatic rings. The van der Waals surface area contributed by atoms with Crippen LogP contribution in [0.15, 0.2) is 0 Å². The SMILES string of the molecule is CCN1CC2(CCN(C3CC3)CC2)C1. The minimum Gasteiger partial charge on any atom is -0.302 e. The van der Waals surface area contributed by atoms with Crippen molar-refractivity contribution < 1.29 is 0 Å². The molecule has 2 heterocycles. The topological polar surface area (TPSA) is 6.48 Å². The van der Waals surface area contributed by atoms with Crippen molar-refractivity contribution >= 4 is 0 Å². The van der Waals surface area contributed by atoms with Gasteiger partial charge in [-0.3, -0.25) is 0 Å². The second-order valence-electron chi connectivity index (χ2n) is 5.57. The van der Waals surface area contributed by atoms with Crippen molar-refractivity contribution in [3.8, 4) is 0 Å². The van der Waals surface area contributed by atoms with Crippen molar-refractivity contribution in [3.63, 3.8) is 0 Å². The van der Waals surface area contributed by atoms with E-state index in [2.05, 4.69) is 16.7 Å². The van der Waals surface area contributed by atoms with Crippen LogP contribution in [0, 0.1) is 5.41 Å². The van der Waals surface area contributed by atoms with Crippen LogP contribution in [0.1, 0.15) is 32.6 Å².